The standard InChI is InChI=1S/C16H32/c1-11(2)14(6)16(7,12(3)4)15-10-8-9-13(15)5/h11-15H,8-10H2,1-7H3. The summed E-state index contributed by atoms with van der Waals surface area (Å²) in [6.45, 7) is 17.2. The lowest BCUT2D eigenvalue weighted by molar-refractivity contribution is 0.00357. The lowest BCUT2D eigenvalue weighted by Gasteiger charge is -2.48. The second-order valence-corrected chi connectivity index (χ2v) is 7.07. The van der Waals surface area contributed by atoms with E-state index in [9.17, 15) is 0 Å². The highest BCUT2D eigenvalue weighted by atomic mass is 14.5. The summed E-state index contributed by atoms with van der Waals surface area (Å²) in [6, 6.07) is 0. The summed E-state index contributed by atoms with van der Waals surface area (Å²) >= 11 is 0. The van der Waals surface area contributed by atoms with Crippen molar-refractivity contribution in [1.29, 1.82) is 0 Å². The Kier molecular flexibility index (Phi) is 4.49. The van der Waals surface area contributed by atoms with Crippen LogP contribution in [0.4, 0.5) is 0 Å². The van der Waals surface area contributed by atoms with E-state index in [4.69, 9.17) is 0 Å². The second-order valence-electron chi connectivity index (χ2n) is 7.07. The predicted octanol–water partition coefficient (Wildman–Crippen LogP) is 5.38. The fraction of sp³-hybridized carbons (Fsp3) is 1.00. The first-order chi connectivity index (χ1) is 7.31. The fourth-order valence-electron chi connectivity index (χ4n) is 4.08. The molecule has 4 atom stereocenters. The van der Waals surface area contributed by atoms with Crippen LogP contribution in [0.3, 0.4) is 0 Å². The van der Waals surface area contributed by atoms with Crippen molar-refractivity contribution >= 4 is 0 Å². The van der Waals surface area contributed by atoms with Gasteiger partial charge in [-0.25, -0.2) is 0 Å². The van der Waals surface area contributed by atoms with E-state index in [1.54, 1.807) is 0 Å². The maximum Gasteiger partial charge on any atom is -0.0244 e. The Balaban J connectivity index is 2.96. The first kappa shape index (κ1) is 14.1. The van der Waals surface area contributed by atoms with Crippen molar-refractivity contribution in [3.63, 3.8) is 0 Å². The van der Waals surface area contributed by atoms with E-state index in [1.165, 1.54) is 19.3 Å². The van der Waals surface area contributed by atoms with Gasteiger partial charge in [-0.15, -0.1) is 0 Å². The molecule has 0 spiro atoms. The van der Waals surface area contributed by atoms with Gasteiger partial charge in [0.2, 0.25) is 0 Å². The second kappa shape index (κ2) is 5.10. The summed E-state index contributed by atoms with van der Waals surface area (Å²) in [5.41, 5.74) is 0.532. The Morgan fingerprint density at radius 3 is 1.88 bits per heavy atom. The van der Waals surface area contributed by atoms with Crippen LogP contribution in [0.5, 0.6) is 0 Å². The van der Waals surface area contributed by atoms with Crippen LogP contribution < -0.4 is 0 Å². The van der Waals surface area contributed by atoms with Gasteiger partial charge in [-0.05, 0) is 41.4 Å². The molecule has 1 saturated carbocycles. The SMILES string of the molecule is CC(C)C(C)C(C)(C(C)C)C1CCCC1C. The van der Waals surface area contributed by atoms with Crippen LogP contribution in [0.15, 0.2) is 0 Å². The molecule has 0 heteroatoms. The van der Waals surface area contributed by atoms with Crippen LogP contribution in [0.1, 0.15) is 67.7 Å². The van der Waals surface area contributed by atoms with Crippen molar-refractivity contribution in [1.82, 2.24) is 0 Å². The quantitative estimate of drug-likeness (QED) is 0.601. The lowest BCUT2D eigenvalue weighted by atomic mass is 9.57. The Labute approximate surface area is 103 Å². The summed E-state index contributed by atoms with van der Waals surface area (Å²) in [4.78, 5) is 0. The number of hydrogen-bond donors (Lipinski definition) is 0. The average molecular weight is 224 g/mol. The molecule has 0 aromatic rings. The van der Waals surface area contributed by atoms with E-state index in [1.807, 2.05) is 0 Å². The summed E-state index contributed by atoms with van der Waals surface area (Å²) < 4.78 is 0. The Morgan fingerprint density at radius 2 is 1.56 bits per heavy atom. The maximum atomic E-state index is 2.56. The molecule has 1 aliphatic rings. The van der Waals surface area contributed by atoms with Crippen LogP contribution in [-0.2, 0) is 0 Å². The van der Waals surface area contributed by atoms with Crippen molar-refractivity contribution in [3.05, 3.63) is 0 Å². The minimum atomic E-state index is 0.532. The first-order valence-corrected chi connectivity index (χ1v) is 7.31. The van der Waals surface area contributed by atoms with Crippen LogP contribution in [0, 0.1) is 35.0 Å². The Bertz CT molecular complexity index is 216. The third-order valence-electron chi connectivity index (χ3n) is 5.89. The van der Waals surface area contributed by atoms with E-state index in [0.717, 1.165) is 29.6 Å². The average Bonchev–Trinajstić information content (AvgIpc) is 2.62. The Morgan fingerprint density at radius 1 is 1.00 bits per heavy atom. The molecule has 0 N–H and O–H groups in total. The summed E-state index contributed by atoms with van der Waals surface area (Å²) in [5.74, 6) is 4.33. The highest BCUT2D eigenvalue weighted by Crippen LogP contribution is 2.53. The van der Waals surface area contributed by atoms with Crippen LogP contribution >= 0.6 is 0 Å². The van der Waals surface area contributed by atoms with Gasteiger partial charge in [-0.3, -0.25) is 0 Å². The van der Waals surface area contributed by atoms with Gasteiger partial charge in [0, 0.05) is 0 Å². The first-order valence-electron chi connectivity index (χ1n) is 7.31. The smallest absolute Gasteiger partial charge is 0.0244 e. The van der Waals surface area contributed by atoms with Crippen LogP contribution in [0.25, 0.3) is 0 Å². The molecule has 0 heterocycles. The van der Waals surface area contributed by atoms with Crippen molar-refractivity contribution in [2.24, 2.45) is 35.0 Å². The lowest BCUT2D eigenvalue weighted by Crippen LogP contribution is -2.42. The molecule has 0 bridgehead atoms. The van der Waals surface area contributed by atoms with E-state index in [0.29, 0.717) is 5.41 Å². The zero-order valence-corrected chi connectivity index (χ0v) is 12.5. The minimum absolute atomic E-state index is 0.532. The van der Waals surface area contributed by atoms with Crippen LogP contribution in [-0.4, -0.2) is 0 Å². The molecule has 0 amide bonds. The molecule has 1 aliphatic carbocycles. The van der Waals surface area contributed by atoms with Crippen molar-refractivity contribution in [2.45, 2.75) is 67.7 Å². The molecule has 1 fully saturated rings. The summed E-state index contributed by atoms with van der Waals surface area (Å²) in [5, 5.41) is 0. The van der Waals surface area contributed by atoms with Gasteiger partial charge >= 0.3 is 0 Å². The highest BCUT2D eigenvalue weighted by Gasteiger charge is 2.46. The molecule has 0 radical (unpaired) electrons. The van der Waals surface area contributed by atoms with Gasteiger partial charge < -0.3 is 0 Å². The maximum absolute atomic E-state index is 2.56. The molecule has 4 unspecified atom stereocenters. The van der Waals surface area contributed by atoms with Gasteiger partial charge in [0.05, 0.1) is 0 Å². The third-order valence-corrected chi connectivity index (χ3v) is 5.89. The molecule has 0 aliphatic heterocycles. The predicted molar refractivity (Wildman–Crippen MR) is 73.5 cm³/mol. The molecule has 16 heavy (non-hydrogen) atoms. The molecule has 0 aromatic heterocycles. The number of hydrogen-bond acceptors (Lipinski definition) is 0. The Hall–Kier alpha value is 0. The van der Waals surface area contributed by atoms with Crippen molar-refractivity contribution in [2.75, 3.05) is 0 Å². The molecule has 0 nitrogen and oxygen atoms in total. The van der Waals surface area contributed by atoms with Gasteiger partial charge in [-0.1, -0.05) is 61.3 Å². The van der Waals surface area contributed by atoms with Gasteiger partial charge in [0.1, 0.15) is 0 Å². The summed E-state index contributed by atoms with van der Waals surface area (Å²) in [6.07, 6.45) is 4.38. The molecular weight excluding hydrogens is 192 g/mol. The van der Waals surface area contributed by atoms with Crippen molar-refractivity contribution in [3.8, 4) is 0 Å². The van der Waals surface area contributed by atoms with Gasteiger partial charge in [-0.2, -0.15) is 0 Å². The topological polar surface area (TPSA) is 0 Å². The van der Waals surface area contributed by atoms with E-state index in [-0.39, 0.29) is 0 Å². The minimum Gasteiger partial charge on any atom is -0.0625 e. The van der Waals surface area contributed by atoms with E-state index < -0.39 is 0 Å². The zero-order valence-electron chi connectivity index (χ0n) is 12.5. The highest BCUT2D eigenvalue weighted by molar-refractivity contribution is 4.94. The van der Waals surface area contributed by atoms with Gasteiger partial charge in [0.15, 0.2) is 0 Å². The molecular formula is C16H32. The molecule has 0 aromatic carbocycles. The number of rotatable bonds is 4. The fourth-order valence-corrected chi connectivity index (χ4v) is 4.08. The molecule has 1 rings (SSSR count). The molecule has 96 valence electrons. The van der Waals surface area contributed by atoms with Gasteiger partial charge in [0.25, 0.3) is 0 Å². The van der Waals surface area contributed by atoms with E-state index >= 15 is 0 Å². The van der Waals surface area contributed by atoms with E-state index in [2.05, 4.69) is 48.5 Å². The molecule has 0 saturated heterocycles. The summed E-state index contributed by atoms with van der Waals surface area (Å²) in [7, 11) is 0. The monoisotopic (exact) mass is 224 g/mol. The normalized spacial score (nSPS) is 32.1. The zero-order chi connectivity index (χ0) is 12.5. The van der Waals surface area contributed by atoms with Crippen LogP contribution in [0.2, 0.25) is 0 Å². The largest absolute Gasteiger partial charge is 0.0625 e. The third kappa shape index (κ3) is 2.31. The van der Waals surface area contributed by atoms with Crippen molar-refractivity contribution < 1.29 is 0 Å².